The van der Waals surface area contributed by atoms with Crippen molar-refractivity contribution in [2.24, 2.45) is 0 Å². The van der Waals surface area contributed by atoms with Crippen molar-refractivity contribution in [1.82, 2.24) is 14.8 Å². The number of ether oxygens (including phenoxy) is 1. The summed E-state index contributed by atoms with van der Waals surface area (Å²) in [5.41, 5.74) is -0.220. The van der Waals surface area contributed by atoms with Gasteiger partial charge in [-0.25, -0.2) is 18.3 Å². The normalized spacial score (nSPS) is 23.7. The lowest BCUT2D eigenvalue weighted by Crippen LogP contribution is -2.24. The molecule has 22 heavy (non-hydrogen) atoms. The van der Waals surface area contributed by atoms with E-state index in [9.17, 15) is 23.1 Å². The van der Waals surface area contributed by atoms with Gasteiger partial charge in [0.1, 0.15) is 11.3 Å². The van der Waals surface area contributed by atoms with Gasteiger partial charge >= 0.3 is 5.97 Å². The standard InChI is InChI=1S/C12H13N3O6S/c1-21-12(18)7-3-15(2-6-10(7)13-14-11(6)17)8-4-22(19,20)5-9(8)16/h2-3,8-9,16H,4-5H2,1H3,(H,14,17)/t8-,9+/m0/s1. The molecule has 1 fully saturated rings. The molecule has 3 heterocycles. The number of pyridine rings is 1. The van der Waals surface area contributed by atoms with E-state index in [0.717, 1.165) is 0 Å². The second kappa shape index (κ2) is 4.92. The average Bonchev–Trinajstić information content (AvgIpc) is 2.97. The molecule has 3 aliphatic rings. The van der Waals surface area contributed by atoms with E-state index in [4.69, 9.17) is 0 Å². The Morgan fingerprint density at radius 2 is 2.18 bits per heavy atom. The molecule has 9 nitrogen and oxygen atoms in total. The molecule has 10 heteroatoms. The first-order valence-electron chi connectivity index (χ1n) is 6.39. The number of nitrogens with one attached hydrogen (secondary N) is 1. The molecule has 0 saturated carbocycles. The number of carbonyl (C=O) groups is 1. The predicted octanol–water partition coefficient (Wildman–Crippen LogP) is -1.21. The molecule has 0 radical (unpaired) electrons. The number of sulfone groups is 1. The SMILES string of the molecule is COC(=O)c1cn([C@H]2CS(=O)(=O)C[C@H]2O)cc2c(=O)[nH]nc1-2. The zero-order chi connectivity index (χ0) is 16.1. The summed E-state index contributed by atoms with van der Waals surface area (Å²) in [5, 5.41) is 15.9. The van der Waals surface area contributed by atoms with Gasteiger partial charge in [-0.2, -0.15) is 5.10 Å². The summed E-state index contributed by atoms with van der Waals surface area (Å²) < 4.78 is 29.3. The maximum atomic E-state index is 11.8. The van der Waals surface area contributed by atoms with Gasteiger partial charge in [0.05, 0.1) is 36.3 Å². The number of aromatic amines is 1. The number of fused-ring (bicyclic) bond motifs is 1. The second-order valence-corrected chi connectivity index (χ2v) is 7.29. The lowest BCUT2D eigenvalue weighted by atomic mass is 10.1. The largest absolute Gasteiger partial charge is 0.465 e. The van der Waals surface area contributed by atoms with Crippen molar-refractivity contribution in [1.29, 1.82) is 0 Å². The van der Waals surface area contributed by atoms with Crippen LogP contribution in [0.15, 0.2) is 17.2 Å². The lowest BCUT2D eigenvalue weighted by molar-refractivity contribution is 0.0599. The van der Waals surface area contributed by atoms with Crippen molar-refractivity contribution >= 4 is 15.8 Å². The van der Waals surface area contributed by atoms with Crippen LogP contribution in [0, 0.1) is 0 Å². The number of aromatic nitrogens is 3. The van der Waals surface area contributed by atoms with E-state index in [1.165, 1.54) is 24.1 Å². The molecule has 0 amide bonds. The van der Waals surface area contributed by atoms with E-state index in [0.29, 0.717) is 0 Å². The van der Waals surface area contributed by atoms with Crippen molar-refractivity contribution in [3.8, 4) is 11.3 Å². The number of hydrogen-bond donors (Lipinski definition) is 2. The van der Waals surface area contributed by atoms with E-state index in [1.807, 2.05) is 0 Å². The number of methoxy groups -OCH3 is 1. The molecule has 0 unspecified atom stereocenters. The number of carbonyl (C=O) groups excluding carboxylic acids is 1. The van der Waals surface area contributed by atoms with E-state index in [-0.39, 0.29) is 28.3 Å². The summed E-state index contributed by atoms with van der Waals surface area (Å²) in [6, 6.07) is -0.771. The highest BCUT2D eigenvalue weighted by molar-refractivity contribution is 7.91. The predicted molar refractivity (Wildman–Crippen MR) is 74.5 cm³/mol. The second-order valence-electron chi connectivity index (χ2n) is 5.14. The van der Waals surface area contributed by atoms with Gasteiger partial charge in [0.2, 0.25) is 0 Å². The summed E-state index contributed by atoms with van der Waals surface area (Å²) in [7, 11) is -2.18. The Morgan fingerprint density at radius 1 is 1.45 bits per heavy atom. The monoisotopic (exact) mass is 327 g/mol. The van der Waals surface area contributed by atoms with Crippen LogP contribution in [-0.2, 0) is 14.6 Å². The first-order chi connectivity index (χ1) is 10.3. The number of aliphatic hydroxyl groups excluding tert-OH is 1. The van der Waals surface area contributed by atoms with Gasteiger partial charge in [-0.05, 0) is 0 Å². The molecule has 0 aromatic carbocycles. The van der Waals surface area contributed by atoms with Gasteiger partial charge in [0.15, 0.2) is 9.84 Å². The molecule has 0 bridgehead atoms. The Balaban J connectivity index is 2.18. The molecular weight excluding hydrogens is 314 g/mol. The first kappa shape index (κ1) is 14.7. The Bertz CT molecular complexity index is 867. The Hall–Kier alpha value is -2.20. The van der Waals surface area contributed by atoms with Crippen LogP contribution < -0.4 is 5.56 Å². The molecule has 2 N–H and O–H groups in total. The number of esters is 1. The highest BCUT2D eigenvalue weighted by Gasteiger charge is 2.38. The molecule has 0 aromatic heterocycles. The summed E-state index contributed by atoms with van der Waals surface area (Å²) in [6.45, 7) is 0. The summed E-state index contributed by atoms with van der Waals surface area (Å²) in [5.74, 6) is -1.33. The van der Waals surface area contributed by atoms with Crippen molar-refractivity contribution in [3.05, 3.63) is 28.3 Å². The quantitative estimate of drug-likeness (QED) is 0.662. The van der Waals surface area contributed by atoms with E-state index in [1.54, 1.807) is 0 Å². The molecule has 0 aromatic rings. The maximum Gasteiger partial charge on any atom is 0.341 e. The van der Waals surface area contributed by atoms with Crippen LogP contribution in [0.25, 0.3) is 11.3 Å². The molecule has 3 aliphatic heterocycles. The number of hydrogen-bond acceptors (Lipinski definition) is 7. The molecular formula is C12H13N3O6S. The summed E-state index contributed by atoms with van der Waals surface area (Å²) >= 11 is 0. The average molecular weight is 327 g/mol. The maximum absolute atomic E-state index is 11.8. The highest BCUT2D eigenvalue weighted by atomic mass is 32.2. The third-order valence-electron chi connectivity index (χ3n) is 3.66. The fraction of sp³-hybridized carbons (Fsp3) is 0.417. The van der Waals surface area contributed by atoms with Gasteiger partial charge in [0, 0.05) is 12.4 Å². The van der Waals surface area contributed by atoms with Crippen LogP contribution in [0.4, 0.5) is 0 Å². The number of aliphatic hydroxyl groups is 1. The van der Waals surface area contributed by atoms with Crippen molar-refractivity contribution < 1.29 is 23.1 Å². The summed E-state index contributed by atoms with van der Waals surface area (Å²) in [6.07, 6.45) is 1.60. The van der Waals surface area contributed by atoms with Gasteiger partial charge in [0.25, 0.3) is 5.56 Å². The van der Waals surface area contributed by atoms with Crippen LogP contribution in [0.5, 0.6) is 0 Å². The zero-order valence-electron chi connectivity index (χ0n) is 11.5. The molecule has 0 spiro atoms. The fourth-order valence-corrected chi connectivity index (χ4v) is 4.40. The van der Waals surface area contributed by atoms with Crippen LogP contribution in [0.1, 0.15) is 16.4 Å². The lowest BCUT2D eigenvalue weighted by Gasteiger charge is -2.19. The van der Waals surface area contributed by atoms with Crippen LogP contribution in [0.3, 0.4) is 0 Å². The van der Waals surface area contributed by atoms with Crippen LogP contribution >= 0.6 is 0 Å². The molecule has 3 rings (SSSR count). The fourth-order valence-electron chi connectivity index (χ4n) is 2.60. The topological polar surface area (TPSA) is 131 Å². The van der Waals surface area contributed by atoms with Gasteiger partial charge in [-0.3, -0.25) is 4.79 Å². The molecule has 118 valence electrons. The van der Waals surface area contributed by atoms with Crippen molar-refractivity contribution in [3.63, 3.8) is 0 Å². The van der Waals surface area contributed by atoms with Crippen molar-refractivity contribution in [2.75, 3.05) is 18.6 Å². The smallest absolute Gasteiger partial charge is 0.341 e. The Morgan fingerprint density at radius 3 is 2.77 bits per heavy atom. The Kier molecular flexibility index (Phi) is 3.29. The third kappa shape index (κ3) is 2.29. The van der Waals surface area contributed by atoms with Crippen LogP contribution in [-0.4, -0.2) is 59.0 Å². The van der Waals surface area contributed by atoms with Crippen LogP contribution in [0.2, 0.25) is 0 Å². The molecule has 0 aliphatic carbocycles. The van der Waals surface area contributed by atoms with Gasteiger partial charge < -0.3 is 14.4 Å². The minimum absolute atomic E-state index is 0.0230. The summed E-state index contributed by atoms with van der Waals surface area (Å²) in [4.78, 5) is 23.6. The van der Waals surface area contributed by atoms with Gasteiger partial charge in [-0.15, -0.1) is 0 Å². The molecule has 1 saturated heterocycles. The Labute approximate surface area is 124 Å². The molecule has 2 atom stereocenters. The van der Waals surface area contributed by atoms with E-state index < -0.39 is 33.5 Å². The van der Waals surface area contributed by atoms with Gasteiger partial charge in [-0.1, -0.05) is 0 Å². The zero-order valence-corrected chi connectivity index (χ0v) is 12.3. The number of rotatable bonds is 2. The third-order valence-corrected chi connectivity index (χ3v) is 5.36. The first-order valence-corrected chi connectivity index (χ1v) is 8.21. The highest BCUT2D eigenvalue weighted by Crippen LogP contribution is 2.28. The van der Waals surface area contributed by atoms with Crippen molar-refractivity contribution in [2.45, 2.75) is 12.1 Å². The number of H-pyrrole nitrogens is 1. The van der Waals surface area contributed by atoms with E-state index >= 15 is 0 Å². The number of nitrogens with zero attached hydrogens (tertiary/aromatic N) is 2. The minimum atomic E-state index is -3.37. The minimum Gasteiger partial charge on any atom is -0.465 e. The van der Waals surface area contributed by atoms with E-state index in [2.05, 4.69) is 14.9 Å².